The highest BCUT2D eigenvalue weighted by molar-refractivity contribution is 6.37. The SMILES string of the molecule is CC1=CC(=O)C(c2ccccc2)=C(NC(N)=O)C1=O. The van der Waals surface area contributed by atoms with Gasteiger partial charge in [-0.25, -0.2) is 4.79 Å². The van der Waals surface area contributed by atoms with Crippen LogP contribution in [0.5, 0.6) is 0 Å². The van der Waals surface area contributed by atoms with Gasteiger partial charge in [-0.05, 0) is 18.6 Å². The zero-order valence-corrected chi connectivity index (χ0v) is 10.3. The number of benzene rings is 1. The van der Waals surface area contributed by atoms with Crippen molar-refractivity contribution < 1.29 is 14.4 Å². The van der Waals surface area contributed by atoms with Gasteiger partial charge in [-0.3, -0.25) is 9.59 Å². The minimum Gasteiger partial charge on any atom is -0.351 e. The van der Waals surface area contributed by atoms with Crippen LogP contribution in [-0.4, -0.2) is 17.6 Å². The summed E-state index contributed by atoms with van der Waals surface area (Å²) in [5, 5.41) is 2.25. The van der Waals surface area contributed by atoms with E-state index in [0.29, 0.717) is 5.56 Å². The molecule has 1 aliphatic carbocycles. The summed E-state index contributed by atoms with van der Waals surface area (Å²) in [7, 11) is 0. The van der Waals surface area contributed by atoms with Gasteiger partial charge in [0, 0.05) is 5.57 Å². The normalized spacial score (nSPS) is 15.3. The number of nitrogens with two attached hydrogens (primary N) is 1. The molecular weight excluding hydrogens is 244 g/mol. The Morgan fingerprint density at radius 1 is 1.16 bits per heavy atom. The van der Waals surface area contributed by atoms with E-state index in [4.69, 9.17) is 5.73 Å². The Morgan fingerprint density at radius 2 is 1.79 bits per heavy atom. The zero-order valence-electron chi connectivity index (χ0n) is 10.3. The van der Waals surface area contributed by atoms with Crippen molar-refractivity contribution in [2.75, 3.05) is 0 Å². The highest BCUT2D eigenvalue weighted by atomic mass is 16.2. The summed E-state index contributed by atoms with van der Waals surface area (Å²) in [5.41, 5.74) is 5.98. The number of ketones is 2. The van der Waals surface area contributed by atoms with Crippen LogP contribution in [-0.2, 0) is 9.59 Å². The average molecular weight is 256 g/mol. The van der Waals surface area contributed by atoms with E-state index in [1.165, 1.54) is 13.0 Å². The van der Waals surface area contributed by atoms with E-state index in [9.17, 15) is 14.4 Å². The molecule has 1 aromatic carbocycles. The number of hydrogen-bond donors (Lipinski definition) is 2. The lowest BCUT2D eigenvalue weighted by Crippen LogP contribution is -2.35. The quantitative estimate of drug-likeness (QED) is 0.778. The van der Waals surface area contributed by atoms with Crippen molar-refractivity contribution in [1.29, 1.82) is 0 Å². The molecule has 0 aromatic heterocycles. The fourth-order valence-corrected chi connectivity index (χ4v) is 1.90. The van der Waals surface area contributed by atoms with Crippen LogP contribution < -0.4 is 11.1 Å². The molecule has 5 nitrogen and oxygen atoms in total. The Morgan fingerprint density at radius 3 is 2.37 bits per heavy atom. The number of carbonyl (C=O) groups excluding carboxylic acids is 3. The number of carbonyl (C=O) groups is 3. The lowest BCUT2D eigenvalue weighted by atomic mass is 9.90. The third-order valence-corrected chi connectivity index (χ3v) is 2.74. The molecule has 0 aliphatic heterocycles. The molecule has 3 N–H and O–H groups in total. The first-order valence-electron chi connectivity index (χ1n) is 5.64. The standard InChI is InChI=1S/C14H12N2O3/c1-8-7-10(17)11(9-5-3-2-4-6-9)12(13(8)18)16-14(15)19/h2-7H,1H3,(H3,15,16,19). The number of primary amides is 1. The Labute approximate surface area is 109 Å². The van der Waals surface area contributed by atoms with Crippen molar-refractivity contribution in [3.8, 4) is 0 Å². The maximum Gasteiger partial charge on any atom is 0.316 e. The molecular formula is C14H12N2O3. The van der Waals surface area contributed by atoms with E-state index in [0.717, 1.165) is 0 Å². The van der Waals surface area contributed by atoms with E-state index in [1.54, 1.807) is 30.3 Å². The Kier molecular flexibility index (Phi) is 3.29. The molecule has 2 rings (SSSR count). The van der Waals surface area contributed by atoms with E-state index in [2.05, 4.69) is 5.32 Å². The zero-order chi connectivity index (χ0) is 14.0. The van der Waals surface area contributed by atoms with E-state index < -0.39 is 11.8 Å². The molecule has 0 saturated heterocycles. The third kappa shape index (κ3) is 2.44. The number of amides is 2. The van der Waals surface area contributed by atoms with Crippen LogP contribution in [0.3, 0.4) is 0 Å². The van der Waals surface area contributed by atoms with Crippen LogP contribution in [0, 0.1) is 0 Å². The van der Waals surface area contributed by atoms with Crippen molar-refractivity contribution in [2.24, 2.45) is 5.73 Å². The van der Waals surface area contributed by atoms with Gasteiger partial charge in [-0.2, -0.15) is 0 Å². The smallest absolute Gasteiger partial charge is 0.316 e. The first-order valence-corrected chi connectivity index (χ1v) is 5.64. The maximum atomic E-state index is 12.1. The molecule has 2 amide bonds. The van der Waals surface area contributed by atoms with E-state index in [1.807, 2.05) is 0 Å². The second kappa shape index (κ2) is 4.89. The van der Waals surface area contributed by atoms with Gasteiger partial charge >= 0.3 is 6.03 Å². The van der Waals surface area contributed by atoms with Gasteiger partial charge in [-0.1, -0.05) is 30.3 Å². The molecule has 0 saturated carbocycles. The topological polar surface area (TPSA) is 89.3 Å². The van der Waals surface area contributed by atoms with Crippen molar-refractivity contribution >= 4 is 23.2 Å². The van der Waals surface area contributed by atoms with Gasteiger partial charge in [0.05, 0.1) is 5.57 Å². The predicted molar refractivity (Wildman–Crippen MR) is 69.9 cm³/mol. The fraction of sp³-hybridized carbons (Fsp3) is 0.0714. The van der Waals surface area contributed by atoms with Gasteiger partial charge in [0.2, 0.25) is 5.78 Å². The monoisotopic (exact) mass is 256 g/mol. The van der Waals surface area contributed by atoms with E-state index >= 15 is 0 Å². The number of Topliss-reactive ketones (excluding diaryl/α,β-unsaturated/α-hetero) is 1. The van der Waals surface area contributed by atoms with Crippen molar-refractivity contribution in [2.45, 2.75) is 6.92 Å². The number of rotatable bonds is 2. The molecule has 0 unspecified atom stereocenters. The van der Waals surface area contributed by atoms with Crippen LogP contribution in [0.15, 0.2) is 47.7 Å². The Balaban J connectivity index is 2.61. The Bertz CT molecular complexity index is 627. The van der Waals surface area contributed by atoms with Crippen LogP contribution in [0.4, 0.5) is 4.79 Å². The molecule has 0 fully saturated rings. The summed E-state index contributed by atoms with van der Waals surface area (Å²) in [6, 6.07) is 7.79. The first-order chi connectivity index (χ1) is 9.00. The molecule has 1 aliphatic rings. The van der Waals surface area contributed by atoms with E-state index in [-0.39, 0.29) is 22.6 Å². The highest BCUT2D eigenvalue weighted by Gasteiger charge is 2.28. The molecule has 1 aromatic rings. The lowest BCUT2D eigenvalue weighted by Gasteiger charge is -2.17. The summed E-state index contributed by atoms with van der Waals surface area (Å²) in [6.07, 6.45) is 1.26. The molecule has 0 heterocycles. The van der Waals surface area contributed by atoms with Crippen LogP contribution in [0.1, 0.15) is 12.5 Å². The molecule has 19 heavy (non-hydrogen) atoms. The average Bonchev–Trinajstić information content (AvgIpc) is 2.36. The maximum absolute atomic E-state index is 12.1. The molecule has 0 radical (unpaired) electrons. The van der Waals surface area contributed by atoms with Crippen LogP contribution in [0.25, 0.3) is 5.57 Å². The first kappa shape index (κ1) is 12.8. The second-order valence-electron chi connectivity index (χ2n) is 4.13. The molecule has 0 bridgehead atoms. The van der Waals surface area contributed by atoms with Crippen molar-refractivity contribution in [3.63, 3.8) is 0 Å². The van der Waals surface area contributed by atoms with Crippen LogP contribution in [0.2, 0.25) is 0 Å². The summed E-state index contributed by atoms with van der Waals surface area (Å²) < 4.78 is 0. The minimum atomic E-state index is -0.876. The van der Waals surface area contributed by atoms with Gasteiger partial charge in [0.15, 0.2) is 5.78 Å². The van der Waals surface area contributed by atoms with Crippen LogP contribution >= 0.6 is 0 Å². The van der Waals surface area contributed by atoms with Gasteiger partial charge < -0.3 is 11.1 Å². The number of hydrogen-bond acceptors (Lipinski definition) is 3. The Hall–Kier alpha value is -2.69. The van der Waals surface area contributed by atoms with Gasteiger partial charge in [0.25, 0.3) is 0 Å². The summed E-state index contributed by atoms with van der Waals surface area (Å²) in [6.45, 7) is 1.52. The van der Waals surface area contributed by atoms with Crippen molar-refractivity contribution in [1.82, 2.24) is 5.32 Å². The fourth-order valence-electron chi connectivity index (χ4n) is 1.90. The largest absolute Gasteiger partial charge is 0.351 e. The number of nitrogens with one attached hydrogen (secondary N) is 1. The second-order valence-corrected chi connectivity index (χ2v) is 4.13. The van der Waals surface area contributed by atoms with Gasteiger partial charge in [0.1, 0.15) is 5.70 Å². The van der Waals surface area contributed by atoms with Crippen molar-refractivity contribution in [3.05, 3.63) is 53.2 Å². The summed E-state index contributed by atoms with van der Waals surface area (Å²) in [5.74, 6) is -0.732. The predicted octanol–water partition coefficient (Wildman–Crippen LogP) is 1.16. The molecule has 5 heteroatoms. The highest BCUT2D eigenvalue weighted by Crippen LogP contribution is 2.25. The summed E-state index contributed by atoms with van der Waals surface area (Å²) >= 11 is 0. The molecule has 96 valence electrons. The minimum absolute atomic E-state index is 0.0660. The molecule has 0 spiro atoms. The summed E-state index contributed by atoms with van der Waals surface area (Å²) in [4.78, 5) is 35.1. The number of allylic oxidation sites excluding steroid dienone is 3. The lowest BCUT2D eigenvalue weighted by molar-refractivity contribution is -0.114. The third-order valence-electron chi connectivity index (χ3n) is 2.74. The van der Waals surface area contributed by atoms with Gasteiger partial charge in [-0.15, -0.1) is 0 Å². The number of urea groups is 1. The molecule has 0 atom stereocenters.